The van der Waals surface area contributed by atoms with Crippen LogP contribution >= 0.6 is 0 Å². The Morgan fingerprint density at radius 3 is 2.80 bits per heavy atom. The average Bonchev–Trinajstić information content (AvgIpc) is 2.99. The van der Waals surface area contributed by atoms with Crippen LogP contribution in [0.3, 0.4) is 0 Å². The predicted octanol–water partition coefficient (Wildman–Crippen LogP) is 0.135. The van der Waals surface area contributed by atoms with Gasteiger partial charge in [-0.2, -0.15) is 5.10 Å². The van der Waals surface area contributed by atoms with Crippen LogP contribution in [0.15, 0.2) is 36.8 Å². The zero-order chi connectivity index (χ0) is 14.4. The molecular weight excluding hydrogens is 260 g/mol. The van der Waals surface area contributed by atoms with Gasteiger partial charge in [0.25, 0.3) is 0 Å². The van der Waals surface area contributed by atoms with E-state index < -0.39 is 6.03 Å². The Morgan fingerprint density at radius 1 is 1.35 bits per heavy atom. The van der Waals surface area contributed by atoms with Crippen LogP contribution in [-0.2, 0) is 4.79 Å². The number of hydrogen-bond acceptors (Lipinski definition) is 4. The Bertz CT molecular complexity index is 579. The maximum Gasteiger partial charge on any atom is 0.319 e. The fourth-order valence-corrected chi connectivity index (χ4v) is 1.42. The van der Waals surface area contributed by atoms with Crippen LogP contribution in [0.4, 0.5) is 10.5 Å². The normalized spacial score (nSPS) is 9.85. The Labute approximate surface area is 115 Å². The molecule has 2 aromatic heterocycles. The molecular formula is C12H14N6O2. The van der Waals surface area contributed by atoms with E-state index in [1.807, 2.05) is 0 Å². The van der Waals surface area contributed by atoms with Gasteiger partial charge >= 0.3 is 6.03 Å². The minimum absolute atomic E-state index is 0.0822. The smallest absolute Gasteiger partial charge is 0.319 e. The number of nitrogens with zero attached hydrogens (tertiary/aromatic N) is 3. The van der Waals surface area contributed by atoms with Crippen molar-refractivity contribution in [2.75, 3.05) is 18.9 Å². The van der Waals surface area contributed by atoms with Gasteiger partial charge < -0.3 is 16.0 Å². The first-order chi connectivity index (χ1) is 9.69. The maximum atomic E-state index is 11.5. The van der Waals surface area contributed by atoms with Crippen molar-refractivity contribution in [1.82, 2.24) is 25.4 Å². The molecule has 2 aromatic rings. The molecule has 2 rings (SSSR count). The van der Waals surface area contributed by atoms with Gasteiger partial charge in [-0.25, -0.2) is 14.5 Å². The van der Waals surface area contributed by atoms with Crippen LogP contribution in [0, 0.1) is 0 Å². The molecule has 0 radical (unpaired) electrons. The molecule has 0 fully saturated rings. The van der Waals surface area contributed by atoms with Gasteiger partial charge in [-0.05, 0) is 18.2 Å². The summed E-state index contributed by atoms with van der Waals surface area (Å²) in [6.45, 7) is -0.0822. The van der Waals surface area contributed by atoms with Crippen LogP contribution in [0.2, 0.25) is 0 Å². The monoisotopic (exact) mass is 274 g/mol. The standard InChI is InChI=1S/C12H14N6O2/c1-13-11(19)8-15-12(20)17-9-3-4-10(14-7-9)18-6-2-5-16-18/h2-7H,8H2,1H3,(H,13,19)(H2,15,17,20). The molecule has 0 aliphatic carbocycles. The number of carbonyl (C=O) groups excluding carboxylic acids is 2. The second kappa shape index (κ2) is 6.32. The number of rotatable bonds is 4. The Hall–Kier alpha value is -2.90. The van der Waals surface area contributed by atoms with Crippen molar-refractivity contribution < 1.29 is 9.59 Å². The summed E-state index contributed by atoms with van der Waals surface area (Å²) in [5.74, 6) is 0.374. The molecule has 0 saturated carbocycles. The molecule has 0 spiro atoms. The second-order valence-corrected chi connectivity index (χ2v) is 3.84. The highest BCUT2D eigenvalue weighted by Gasteiger charge is 2.05. The topological polar surface area (TPSA) is 101 Å². The number of nitrogens with one attached hydrogen (secondary N) is 3. The number of anilines is 1. The van der Waals surface area contributed by atoms with Crippen molar-refractivity contribution in [2.45, 2.75) is 0 Å². The van der Waals surface area contributed by atoms with Gasteiger partial charge in [0.15, 0.2) is 5.82 Å². The van der Waals surface area contributed by atoms with Gasteiger partial charge in [0.2, 0.25) is 5.91 Å². The van der Waals surface area contributed by atoms with Crippen molar-refractivity contribution in [3.8, 4) is 5.82 Å². The third-order valence-electron chi connectivity index (χ3n) is 2.43. The third kappa shape index (κ3) is 3.55. The van der Waals surface area contributed by atoms with E-state index in [0.717, 1.165) is 0 Å². The van der Waals surface area contributed by atoms with Gasteiger partial charge in [-0.15, -0.1) is 0 Å². The number of hydrogen-bond donors (Lipinski definition) is 3. The van der Waals surface area contributed by atoms with Crippen LogP contribution in [0.25, 0.3) is 5.82 Å². The molecule has 0 aliphatic heterocycles. The fraction of sp³-hybridized carbons (Fsp3) is 0.167. The molecule has 0 unspecified atom stereocenters. The lowest BCUT2D eigenvalue weighted by molar-refractivity contribution is -0.119. The summed E-state index contributed by atoms with van der Waals surface area (Å²) in [4.78, 5) is 26.6. The first-order valence-corrected chi connectivity index (χ1v) is 5.90. The summed E-state index contributed by atoms with van der Waals surface area (Å²) in [5, 5.41) is 11.4. The van der Waals surface area contributed by atoms with Gasteiger partial charge in [-0.3, -0.25) is 4.79 Å². The van der Waals surface area contributed by atoms with Crippen LogP contribution < -0.4 is 16.0 Å². The Balaban J connectivity index is 1.90. The van der Waals surface area contributed by atoms with Crippen molar-refractivity contribution in [3.05, 3.63) is 36.8 Å². The van der Waals surface area contributed by atoms with Crippen molar-refractivity contribution in [3.63, 3.8) is 0 Å². The van der Waals surface area contributed by atoms with E-state index in [-0.39, 0.29) is 12.5 Å². The number of likely N-dealkylation sites (N-methyl/N-ethyl adjacent to an activating group) is 1. The summed E-state index contributed by atoms with van der Waals surface area (Å²) >= 11 is 0. The summed E-state index contributed by atoms with van der Waals surface area (Å²) in [6.07, 6.45) is 4.93. The molecule has 3 amide bonds. The average molecular weight is 274 g/mol. The van der Waals surface area contributed by atoms with Crippen molar-refractivity contribution in [2.24, 2.45) is 0 Å². The van der Waals surface area contributed by atoms with E-state index in [0.29, 0.717) is 11.5 Å². The molecule has 8 heteroatoms. The molecule has 2 heterocycles. The minimum Gasteiger partial charge on any atom is -0.358 e. The van der Waals surface area contributed by atoms with Gasteiger partial charge in [0.05, 0.1) is 18.4 Å². The van der Waals surface area contributed by atoms with E-state index in [1.54, 1.807) is 35.3 Å². The van der Waals surface area contributed by atoms with Gasteiger partial charge in [-0.1, -0.05) is 0 Å². The lowest BCUT2D eigenvalue weighted by Gasteiger charge is -2.07. The quantitative estimate of drug-likeness (QED) is 0.738. The van der Waals surface area contributed by atoms with E-state index in [4.69, 9.17) is 0 Å². The largest absolute Gasteiger partial charge is 0.358 e. The number of amides is 3. The molecule has 0 aliphatic rings. The highest BCUT2D eigenvalue weighted by Crippen LogP contribution is 2.08. The Kier molecular flexibility index (Phi) is 4.28. The third-order valence-corrected chi connectivity index (χ3v) is 2.43. The molecule has 8 nitrogen and oxygen atoms in total. The molecule has 3 N–H and O–H groups in total. The molecule has 0 atom stereocenters. The molecule has 0 saturated heterocycles. The summed E-state index contributed by atoms with van der Waals surface area (Å²) < 4.78 is 1.61. The first-order valence-electron chi connectivity index (χ1n) is 5.90. The van der Waals surface area contributed by atoms with Gasteiger partial charge in [0, 0.05) is 19.4 Å². The number of urea groups is 1. The van der Waals surface area contributed by atoms with Crippen molar-refractivity contribution >= 4 is 17.6 Å². The minimum atomic E-state index is -0.470. The zero-order valence-corrected chi connectivity index (χ0v) is 10.8. The highest BCUT2D eigenvalue weighted by atomic mass is 16.2. The lowest BCUT2D eigenvalue weighted by atomic mass is 10.4. The number of carbonyl (C=O) groups is 2. The first kappa shape index (κ1) is 13.5. The summed E-state index contributed by atoms with van der Waals surface area (Å²) in [5.41, 5.74) is 0.523. The second-order valence-electron chi connectivity index (χ2n) is 3.84. The lowest BCUT2D eigenvalue weighted by Crippen LogP contribution is -2.37. The van der Waals surface area contributed by atoms with E-state index in [1.165, 1.54) is 13.2 Å². The SMILES string of the molecule is CNC(=O)CNC(=O)Nc1ccc(-n2cccn2)nc1. The van der Waals surface area contributed by atoms with E-state index >= 15 is 0 Å². The number of pyridine rings is 1. The maximum absolute atomic E-state index is 11.5. The van der Waals surface area contributed by atoms with Crippen LogP contribution in [0.1, 0.15) is 0 Å². The molecule has 0 bridgehead atoms. The molecule has 20 heavy (non-hydrogen) atoms. The van der Waals surface area contributed by atoms with Crippen LogP contribution in [0.5, 0.6) is 0 Å². The van der Waals surface area contributed by atoms with E-state index in [9.17, 15) is 9.59 Å². The van der Waals surface area contributed by atoms with E-state index in [2.05, 4.69) is 26.0 Å². The van der Waals surface area contributed by atoms with Crippen molar-refractivity contribution in [1.29, 1.82) is 0 Å². The molecule has 0 aromatic carbocycles. The fourth-order valence-electron chi connectivity index (χ4n) is 1.42. The summed E-state index contributed by atoms with van der Waals surface area (Å²) in [7, 11) is 1.50. The van der Waals surface area contributed by atoms with Gasteiger partial charge in [0.1, 0.15) is 0 Å². The molecule has 104 valence electrons. The summed E-state index contributed by atoms with van der Waals surface area (Å²) in [6, 6.07) is 4.74. The zero-order valence-electron chi connectivity index (χ0n) is 10.8. The predicted molar refractivity (Wildman–Crippen MR) is 72.4 cm³/mol. The number of aromatic nitrogens is 3. The Morgan fingerprint density at radius 2 is 2.20 bits per heavy atom. The highest BCUT2D eigenvalue weighted by molar-refractivity contribution is 5.92. The van der Waals surface area contributed by atoms with Crippen LogP contribution in [-0.4, -0.2) is 40.3 Å².